The zero-order valence-electron chi connectivity index (χ0n) is 9.77. The Morgan fingerprint density at radius 3 is 2.53 bits per heavy atom. The predicted octanol–water partition coefficient (Wildman–Crippen LogP) is 1.19. The van der Waals surface area contributed by atoms with E-state index in [0.29, 0.717) is 11.6 Å². The summed E-state index contributed by atoms with van der Waals surface area (Å²) in [5.41, 5.74) is 0. The first-order valence-corrected chi connectivity index (χ1v) is 6.10. The Kier molecular flexibility index (Phi) is 3.78. The predicted molar refractivity (Wildman–Crippen MR) is 66.1 cm³/mol. The molecular weight excluding hydrogens is 240 g/mol. The zero-order valence-corrected chi connectivity index (χ0v) is 10.5. The van der Waals surface area contributed by atoms with E-state index in [4.69, 9.17) is 11.6 Å². The Morgan fingerprint density at radius 1 is 1.29 bits per heavy atom. The number of hydrogen-bond acceptors (Lipinski definition) is 4. The number of carbonyl (C=O) groups is 1. The van der Waals surface area contributed by atoms with Gasteiger partial charge in [0.15, 0.2) is 11.0 Å². The van der Waals surface area contributed by atoms with E-state index < -0.39 is 0 Å². The number of hydrogen-bond donors (Lipinski definition) is 0. The molecule has 0 unspecified atom stereocenters. The van der Waals surface area contributed by atoms with Crippen molar-refractivity contribution in [3.05, 3.63) is 17.3 Å². The normalized spacial score (nSPS) is 16.1. The molecule has 0 radical (unpaired) electrons. The molecular formula is C11H15ClN4O. The molecule has 1 amide bonds. The van der Waals surface area contributed by atoms with Gasteiger partial charge in [-0.3, -0.25) is 4.79 Å². The van der Waals surface area contributed by atoms with Gasteiger partial charge in [0.2, 0.25) is 5.91 Å². The first kappa shape index (κ1) is 12.1. The molecule has 92 valence electrons. The van der Waals surface area contributed by atoms with Gasteiger partial charge in [-0.15, -0.1) is 10.2 Å². The highest BCUT2D eigenvalue weighted by Crippen LogP contribution is 2.14. The van der Waals surface area contributed by atoms with Crippen LogP contribution in [0.25, 0.3) is 0 Å². The van der Waals surface area contributed by atoms with Gasteiger partial charge >= 0.3 is 0 Å². The number of rotatable bonds is 2. The fourth-order valence-electron chi connectivity index (χ4n) is 1.89. The van der Waals surface area contributed by atoms with Crippen LogP contribution in [0.3, 0.4) is 0 Å². The third kappa shape index (κ3) is 2.85. The molecule has 1 aliphatic heterocycles. The number of piperazine rings is 1. The van der Waals surface area contributed by atoms with Crippen molar-refractivity contribution in [1.82, 2.24) is 15.1 Å². The van der Waals surface area contributed by atoms with Crippen LogP contribution in [0.2, 0.25) is 5.15 Å². The van der Waals surface area contributed by atoms with E-state index in [9.17, 15) is 4.79 Å². The molecule has 1 aliphatic rings. The van der Waals surface area contributed by atoms with Crippen LogP contribution in [0.5, 0.6) is 0 Å². The number of aromatic nitrogens is 2. The third-order valence-electron chi connectivity index (χ3n) is 2.88. The lowest BCUT2D eigenvalue weighted by Gasteiger charge is -2.35. The van der Waals surface area contributed by atoms with Gasteiger partial charge in [0.25, 0.3) is 0 Å². The molecule has 5 nitrogen and oxygen atoms in total. The van der Waals surface area contributed by atoms with Crippen molar-refractivity contribution in [3.63, 3.8) is 0 Å². The van der Waals surface area contributed by atoms with E-state index in [1.165, 1.54) is 0 Å². The summed E-state index contributed by atoms with van der Waals surface area (Å²) >= 11 is 5.69. The lowest BCUT2D eigenvalue weighted by Crippen LogP contribution is -2.48. The van der Waals surface area contributed by atoms with Crippen LogP contribution in [0.15, 0.2) is 12.1 Å². The van der Waals surface area contributed by atoms with E-state index in [-0.39, 0.29) is 5.91 Å². The molecule has 2 heterocycles. The molecule has 0 spiro atoms. The summed E-state index contributed by atoms with van der Waals surface area (Å²) in [7, 11) is 0. The Bertz CT molecular complexity index is 387. The highest BCUT2D eigenvalue weighted by Gasteiger charge is 2.20. The van der Waals surface area contributed by atoms with Gasteiger partial charge < -0.3 is 9.80 Å². The maximum Gasteiger partial charge on any atom is 0.222 e. The molecule has 0 atom stereocenters. The highest BCUT2D eigenvalue weighted by atomic mass is 35.5. The second-order valence-electron chi connectivity index (χ2n) is 3.94. The molecule has 0 bridgehead atoms. The fourth-order valence-corrected chi connectivity index (χ4v) is 1.99. The Labute approximate surface area is 105 Å². The van der Waals surface area contributed by atoms with E-state index in [1.807, 2.05) is 17.9 Å². The van der Waals surface area contributed by atoms with Gasteiger partial charge in [-0.2, -0.15) is 0 Å². The minimum absolute atomic E-state index is 0.215. The van der Waals surface area contributed by atoms with E-state index in [1.54, 1.807) is 6.07 Å². The van der Waals surface area contributed by atoms with Gasteiger partial charge in [0, 0.05) is 32.6 Å². The molecule has 1 aromatic heterocycles. The summed E-state index contributed by atoms with van der Waals surface area (Å²) in [6, 6.07) is 3.58. The summed E-state index contributed by atoms with van der Waals surface area (Å²) < 4.78 is 0. The van der Waals surface area contributed by atoms with E-state index in [2.05, 4.69) is 15.1 Å². The first-order valence-electron chi connectivity index (χ1n) is 5.72. The van der Waals surface area contributed by atoms with Crippen LogP contribution in [-0.4, -0.2) is 47.2 Å². The number of amides is 1. The van der Waals surface area contributed by atoms with Crippen LogP contribution < -0.4 is 4.90 Å². The van der Waals surface area contributed by atoms with Crippen molar-refractivity contribution in [2.24, 2.45) is 0 Å². The summed E-state index contributed by atoms with van der Waals surface area (Å²) in [6.07, 6.45) is 0.570. The van der Waals surface area contributed by atoms with Gasteiger partial charge in [-0.1, -0.05) is 18.5 Å². The number of halogens is 1. The molecule has 0 aliphatic carbocycles. The molecule has 6 heteroatoms. The number of nitrogens with zero attached hydrogens (tertiary/aromatic N) is 4. The van der Waals surface area contributed by atoms with Gasteiger partial charge in [-0.05, 0) is 12.1 Å². The maximum atomic E-state index is 11.5. The van der Waals surface area contributed by atoms with Crippen molar-refractivity contribution in [2.45, 2.75) is 13.3 Å². The Hall–Kier alpha value is -1.36. The van der Waals surface area contributed by atoms with E-state index in [0.717, 1.165) is 32.0 Å². The monoisotopic (exact) mass is 254 g/mol. The lowest BCUT2D eigenvalue weighted by molar-refractivity contribution is -0.131. The quantitative estimate of drug-likeness (QED) is 0.796. The topological polar surface area (TPSA) is 49.3 Å². The molecule has 1 fully saturated rings. The zero-order chi connectivity index (χ0) is 12.3. The molecule has 0 N–H and O–H groups in total. The smallest absolute Gasteiger partial charge is 0.222 e. The minimum atomic E-state index is 0.215. The van der Waals surface area contributed by atoms with Crippen LogP contribution in [0.4, 0.5) is 5.82 Å². The molecule has 2 rings (SSSR count). The van der Waals surface area contributed by atoms with Crippen LogP contribution in [0.1, 0.15) is 13.3 Å². The maximum absolute atomic E-state index is 11.5. The average molecular weight is 255 g/mol. The molecule has 17 heavy (non-hydrogen) atoms. The minimum Gasteiger partial charge on any atom is -0.352 e. The first-order chi connectivity index (χ1) is 8.20. The SMILES string of the molecule is CCC(=O)N1CCN(c2ccc(Cl)nn2)CC1. The van der Waals surface area contributed by atoms with Crippen molar-refractivity contribution in [3.8, 4) is 0 Å². The van der Waals surface area contributed by atoms with Crippen LogP contribution in [0, 0.1) is 0 Å². The fraction of sp³-hybridized carbons (Fsp3) is 0.545. The summed E-state index contributed by atoms with van der Waals surface area (Å²) in [6.45, 7) is 4.97. The standard InChI is InChI=1S/C11H15ClN4O/c1-2-11(17)16-7-5-15(6-8-16)10-4-3-9(12)13-14-10/h3-4H,2,5-8H2,1H3. The van der Waals surface area contributed by atoms with E-state index >= 15 is 0 Å². The number of carbonyl (C=O) groups excluding carboxylic acids is 1. The summed E-state index contributed by atoms with van der Waals surface area (Å²) in [5.74, 6) is 1.03. The second kappa shape index (κ2) is 5.31. The second-order valence-corrected chi connectivity index (χ2v) is 4.32. The average Bonchev–Trinajstić information content (AvgIpc) is 2.39. The van der Waals surface area contributed by atoms with Crippen LogP contribution >= 0.6 is 11.6 Å². The molecule has 1 saturated heterocycles. The third-order valence-corrected chi connectivity index (χ3v) is 3.08. The van der Waals surface area contributed by atoms with Crippen molar-refractivity contribution in [2.75, 3.05) is 31.1 Å². The van der Waals surface area contributed by atoms with Gasteiger partial charge in [0.05, 0.1) is 0 Å². The Balaban J connectivity index is 1.95. The highest BCUT2D eigenvalue weighted by molar-refractivity contribution is 6.29. The number of anilines is 1. The van der Waals surface area contributed by atoms with Crippen LogP contribution in [-0.2, 0) is 4.79 Å². The van der Waals surface area contributed by atoms with Crippen molar-refractivity contribution in [1.29, 1.82) is 0 Å². The summed E-state index contributed by atoms with van der Waals surface area (Å²) in [5, 5.41) is 8.25. The lowest BCUT2D eigenvalue weighted by atomic mass is 10.3. The Morgan fingerprint density at radius 2 is 2.00 bits per heavy atom. The van der Waals surface area contributed by atoms with Gasteiger partial charge in [0.1, 0.15) is 0 Å². The molecule has 0 aromatic carbocycles. The molecule has 1 aromatic rings. The largest absolute Gasteiger partial charge is 0.352 e. The van der Waals surface area contributed by atoms with Crippen molar-refractivity contribution < 1.29 is 4.79 Å². The van der Waals surface area contributed by atoms with Gasteiger partial charge in [-0.25, -0.2) is 0 Å². The summed E-state index contributed by atoms with van der Waals surface area (Å²) in [4.78, 5) is 15.5. The molecule has 0 saturated carbocycles. The van der Waals surface area contributed by atoms with Crippen molar-refractivity contribution >= 4 is 23.3 Å².